The van der Waals surface area contributed by atoms with Crippen LogP contribution in [0.4, 0.5) is 0 Å². The highest BCUT2D eigenvalue weighted by Gasteiger charge is 2.00. The van der Waals surface area contributed by atoms with E-state index in [4.69, 9.17) is 0 Å². The van der Waals surface area contributed by atoms with Crippen LogP contribution in [-0.4, -0.2) is 20.5 Å². The van der Waals surface area contributed by atoms with Gasteiger partial charge in [-0.05, 0) is 6.92 Å². The first-order valence-electron chi connectivity index (χ1n) is 4.91. The number of allylic oxidation sites excluding steroid dienone is 1. The fraction of sp³-hybridized carbons (Fsp3) is 0.0833. The van der Waals surface area contributed by atoms with Gasteiger partial charge in [-0.3, -0.25) is 4.79 Å². The number of benzene rings is 1. The minimum atomic E-state index is -0.0458. The van der Waals surface area contributed by atoms with E-state index in [0.717, 1.165) is 5.82 Å². The van der Waals surface area contributed by atoms with Gasteiger partial charge in [0.2, 0.25) is 0 Å². The van der Waals surface area contributed by atoms with Crippen molar-refractivity contribution in [3.8, 4) is 0 Å². The van der Waals surface area contributed by atoms with Gasteiger partial charge >= 0.3 is 0 Å². The zero-order valence-electron chi connectivity index (χ0n) is 8.87. The second kappa shape index (κ2) is 4.53. The zero-order chi connectivity index (χ0) is 11.4. The highest BCUT2D eigenvalue weighted by atomic mass is 16.1. The average Bonchev–Trinajstić information content (AvgIpc) is 2.73. The van der Waals surface area contributed by atoms with Crippen LogP contribution in [0.25, 0.3) is 6.20 Å². The molecule has 1 aromatic heterocycles. The van der Waals surface area contributed by atoms with Crippen molar-refractivity contribution in [3.63, 3.8) is 0 Å². The van der Waals surface area contributed by atoms with E-state index in [2.05, 4.69) is 10.1 Å². The fourth-order valence-electron chi connectivity index (χ4n) is 1.29. The van der Waals surface area contributed by atoms with Gasteiger partial charge in [-0.2, -0.15) is 5.10 Å². The maximum absolute atomic E-state index is 11.7. The number of aryl methyl sites for hydroxylation is 1. The Labute approximate surface area is 93.2 Å². The number of carbonyl (C=O) groups excluding carboxylic acids is 1. The van der Waals surface area contributed by atoms with Gasteiger partial charge in [0.1, 0.15) is 12.2 Å². The molecule has 0 N–H and O–H groups in total. The molecule has 80 valence electrons. The monoisotopic (exact) mass is 213 g/mol. The molecule has 0 saturated carbocycles. The summed E-state index contributed by atoms with van der Waals surface area (Å²) in [7, 11) is 0. The summed E-state index contributed by atoms with van der Waals surface area (Å²) in [4.78, 5) is 15.7. The summed E-state index contributed by atoms with van der Waals surface area (Å²) in [6, 6.07) is 9.10. The normalized spacial score (nSPS) is 10.8. The molecule has 4 nitrogen and oxygen atoms in total. The molecular formula is C12H11N3O. The first-order chi connectivity index (χ1) is 7.77. The van der Waals surface area contributed by atoms with Crippen molar-refractivity contribution in [1.82, 2.24) is 14.8 Å². The molecular weight excluding hydrogens is 202 g/mol. The maximum Gasteiger partial charge on any atom is 0.187 e. The molecule has 0 atom stereocenters. The van der Waals surface area contributed by atoms with Gasteiger partial charge in [0.25, 0.3) is 0 Å². The number of carbonyl (C=O) groups is 1. The molecule has 0 saturated heterocycles. The van der Waals surface area contributed by atoms with Crippen LogP contribution >= 0.6 is 0 Å². The lowest BCUT2D eigenvalue weighted by atomic mass is 10.1. The first kappa shape index (κ1) is 10.3. The Morgan fingerprint density at radius 1 is 1.31 bits per heavy atom. The summed E-state index contributed by atoms with van der Waals surface area (Å²) >= 11 is 0. The number of rotatable bonds is 3. The van der Waals surface area contributed by atoms with E-state index in [1.807, 2.05) is 25.1 Å². The number of ketones is 1. The molecule has 2 aromatic rings. The zero-order valence-corrected chi connectivity index (χ0v) is 8.87. The highest BCUT2D eigenvalue weighted by molar-refractivity contribution is 6.05. The summed E-state index contributed by atoms with van der Waals surface area (Å²) in [5, 5.41) is 3.95. The van der Waals surface area contributed by atoms with E-state index >= 15 is 0 Å². The van der Waals surface area contributed by atoms with Gasteiger partial charge in [0, 0.05) is 17.8 Å². The molecule has 0 unspecified atom stereocenters. The molecule has 4 heteroatoms. The minimum absolute atomic E-state index is 0.0458. The van der Waals surface area contributed by atoms with E-state index in [1.165, 1.54) is 12.4 Å². The number of hydrogen-bond acceptors (Lipinski definition) is 3. The van der Waals surface area contributed by atoms with Crippen LogP contribution in [0.2, 0.25) is 0 Å². The lowest BCUT2D eigenvalue weighted by Gasteiger charge is -1.95. The summed E-state index contributed by atoms with van der Waals surface area (Å²) in [5.41, 5.74) is 0.663. The molecule has 16 heavy (non-hydrogen) atoms. The van der Waals surface area contributed by atoms with Crippen molar-refractivity contribution >= 4 is 12.0 Å². The van der Waals surface area contributed by atoms with Gasteiger partial charge in [-0.25, -0.2) is 9.67 Å². The maximum atomic E-state index is 11.7. The molecule has 1 aromatic carbocycles. The van der Waals surface area contributed by atoms with Crippen molar-refractivity contribution in [1.29, 1.82) is 0 Å². The van der Waals surface area contributed by atoms with Crippen molar-refractivity contribution in [2.75, 3.05) is 0 Å². The first-order valence-corrected chi connectivity index (χ1v) is 4.91. The van der Waals surface area contributed by atoms with Crippen molar-refractivity contribution in [3.05, 3.63) is 54.1 Å². The topological polar surface area (TPSA) is 47.8 Å². The standard InChI is InChI=1S/C12H11N3O/c1-10-13-9-14-15(10)8-7-12(16)11-5-3-2-4-6-11/h2-9H,1H3. The molecule has 0 aliphatic heterocycles. The summed E-state index contributed by atoms with van der Waals surface area (Å²) in [6.07, 6.45) is 4.54. The Morgan fingerprint density at radius 2 is 2.06 bits per heavy atom. The van der Waals surface area contributed by atoms with Crippen LogP contribution in [0.1, 0.15) is 16.2 Å². The third kappa shape index (κ3) is 2.23. The largest absolute Gasteiger partial charge is 0.289 e. The lowest BCUT2D eigenvalue weighted by molar-refractivity contribution is 0.104. The van der Waals surface area contributed by atoms with Crippen LogP contribution < -0.4 is 0 Å². The third-order valence-electron chi connectivity index (χ3n) is 2.18. The second-order valence-corrected chi connectivity index (χ2v) is 3.30. The molecule has 0 fully saturated rings. The molecule has 0 aliphatic carbocycles. The van der Waals surface area contributed by atoms with Gasteiger partial charge in [-0.1, -0.05) is 30.3 Å². The number of aromatic nitrogens is 3. The van der Waals surface area contributed by atoms with Gasteiger partial charge in [0.15, 0.2) is 5.78 Å². The Morgan fingerprint density at radius 3 is 2.69 bits per heavy atom. The van der Waals surface area contributed by atoms with E-state index in [1.54, 1.807) is 23.0 Å². The summed E-state index contributed by atoms with van der Waals surface area (Å²) in [5.74, 6) is 0.701. The van der Waals surface area contributed by atoms with Crippen LogP contribution in [-0.2, 0) is 0 Å². The van der Waals surface area contributed by atoms with Crippen LogP contribution in [0.3, 0.4) is 0 Å². The fourth-order valence-corrected chi connectivity index (χ4v) is 1.29. The number of hydrogen-bond donors (Lipinski definition) is 0. The Kier molecular flexibility index (Phi) is 2.91. The second-order valence-electron chi connectivity index (χ2n) is 3.30. The Bertz CT molecular complexity index is 514. The number of nitrogens with zero attached hydrogens (tertiary/aromatic N) is 3. The molecule has 0 amide bonds. The quantitative estimate of drug-likeness (QED) is 0.578. The SMILES string of the molecule is Cc1ncnn1C=CC(=O)c1ccccc1. The molecule has 0 aliphatic rings. The summed E-state index contributed by atoms with van der Waals surface area (Å²) < 4.78 is 1.56. The molecule has 0 spiro atoms. The van der Waals surface area contributed by atoms with E-state index in [-0.39, 0.29) is 5.78 Å². The third-order valence-corrected chi connectivity index (χ3v) is 2.18. The predicted octanol–water partition coefficient (Wildman–Crippen LogP) is 1.94. The van der Waals surface area contributed by atoms with Gasteiger partial charge in [-0.15, -0.1) is 0 Å². The van der Waals surface area contributed by atoms with Crippen LogP contribution in [0.15, 0.2) is 42.7 Å². The van der Waals surface area contributed by atoms with Crippen molar-refractivity contribution < 1.29 is 4.79 Å². The average molecular weight is 213 g/mol. The molecule has 1 heterocycles. The Balaban J connectivity index is 2.15. The molecule has 2 rings (SSSR count). The smallest absolute Gasteiger partial charge is 0.187 e. The predicted molar refractivity (Wildman–Crippen MR) is 60.9 cm³/mol. The van der Waals surface area contributed by atoms with E-state index in [0.29, 0.717) is 5.56 Å². The van der Waals surface area contributed by atoms with Crippen molar-refractivity contribution in [2.24, 2.45) is 0 Å². The van der Waals surface area contributed by atoms with E-state index in [9.17, 15) is 4.79 Å². The highest BCUT2D eigenvalue weighted by Crippen LogP contribution is 2.01. The Hall–Kier alpha value is -2.23. The summed E-state index contributed by atoms with van der Waals surface area (Å²) in [6.45, 7) is 1.82. The van der Waals surface area contributed by atoms with Gasteiger partial charge < -0.3 is 0 Å². The van der Waals surface area contributed by atoms with Crippen molar-refractivity contribution in [2.45, 2.75) is 6.92 Å². The van der Waals surface area contributed by atoms with E-state index < -0.39 is 0 Å². The van der Waals surface area contributed by atoms with Gasteiger partial charge in [0.05, 0.1) is 0 Å². The molecule has 0 bridgehead atoms. The van der Waals surface area contributed by atoms with Crippen LogP contribution in [0.5, 0.6) is 0 Å². The molecule has 0 radical (unpaired) electrons. The van der Waals surface area contributed by atoms with Crippen LogP contribution in [0, 0.1) is 6.92 Å². The lowest BCUT2D eigenvalue weighted by Crippen LogP contribution is -1.97. The minimum Gasteiger partial charge on any atom is -0.289 e.